The van der Waals surface area contributed by atoms with Crippen molar-refractivity contribution in [3.05, 3.63) is 53.1 Å². The van der Waals surface area contributed by atoms with Crippen molar-refractivity contribution in [3.8, 4) is 28.3 Å². The van der Waals surface area contributed by atoms with Crippen molar-refractivity contribution in [2.45, 2.75) is 62.4 Å². The second kappa shape index (κ2) is 8.16. The molecule has 0 radical (unpaired) electrons. The van der Waals surface area contributed by atoms with Crippen LogP contribution >= 0.6 is 0 Å². The number of benzene rings is 1. The number of phenols is 1. The first kappa shape index (κ1) is 21.2. The first-order valence-corrected chi connectivity index (χ1v) is 11.8. The van der Waals surface area contributed by atoms with E-state index in [-0.39, 0.29) is 29.4 Å². The molecule has 0 amide bonds. The SMILES string of the molecule is Cn1ccc(-c2ccc(-c3ncc(N(C4CC4)[C@@H]4C[C@@H]5C[C@@H](F)[C@H](C4)N5)nn3)c(O)c2)cc1=O. The fraction of sp³-hybridized carbons (Fsp3) is 0.440. The predicted octanol–water partition coefficient (Wildman–Crippen LogP) is 2.81. The first-order chi connectivity index (χ1) is 16.5. The summed E-state index contributed by atoms with van der Waals surface area (Å²) in [5.41, 5.74) is 1.82. The molecular formula is C25H27FN6O2. The number of nitrogens with zero attached hydrogens (tertiary/aromatic N) is 5. The number of aromatic hydroxyl groups is 1. The van der Waals surface area contributed by atoms with Crippen LogP contribution in [0.4, 0.5) is 10.2 Å². The van der Waals surface area contributed by atoms with Gasteiger partial charge >= 0.3 is 0 Å². The van der Waals surface area contributed by atoms with Gasteiger partial charge in [0.15, 0.2) is 11.6 Å². The molecule has 8 nitrogen and oxygen atoms in total. The number of fused-ring (bicyclic) bond motifs is 2. The molecule has 34 heavy (non-hydrogen) atoms. The molecule has 0 spiro atoms. The van der Waals surface area contributed by atoms with Crippen molar-refractivity contribution < 1.29 is 9.50 Å². The molecular weight excluding hydrogens is 435 g/mol. The molecule has 0 unspecified atom stereocenters. The van der Waals surface area contributed by atoms with E-state index in [0.29, 0.717) is 29.7 Å². The molecule has 2 aliphatic heterocycles. The first-order valence-electron chi connectivity index (χ1n) is 11.8. The highest BCUT2D eigenvalue weighted by molar-refractivity contribution is 5.72. The number of nitrogens with one attached hydrogen (secondary N) is 1. The lowest BCUT2D eigenvalue weighted by Crippen LogP contribution is -2.50. The molecule has 176 valence electrons. The third kappa shape index (κ3) is 3.83. The second-order valence-electron chi connectivity index (χ2n) is 9.72. The van der Waals surface area contributed by atoms with Gasteiger partial charge < -0.3 is 19.9 Å². The van der Waals surface area contributed by atoms with Crippen molar-refractivity contribution in [1.82, 2.24) is 25.1 Å². The van der Waals surface area contributed by atoms with Crippen LogP contribution in [0.2, 0.25) is 0 Å². The molecule has 1 aliphatic carbocycles. The summed E-state index contributed by atoms with van der Waals surface area (Å²) in [5.74, 6) is 1.07. The van der Waals surface area contributed by atoms with Gasteiger partial charge in [0, 0.05) is 43.5 Å². The molecule has 2 aromatic heterocycles. The van der Waals surface area contributed by atoms with E-state index in [9.17, 15) is 14.3 Å². The number of hydrogen-bond acceptors (Lipinski definition) is 7. The van der Waals surface area contributed by atoms with E-state index in [2.05, 4.69) is 25.4 Å². The zero-order valence-corrected chi connectivity index (χ0v) is 18.9. The normalized spacial score (nSPS) is 25.9. The molecule has 4 heterocycles. The molecule has 3 fully saturated rings. The minimum atomic E-state index is -0.771. The fourth-order valence-corrected chi connectivity index (χ4v) is 5.40. The quantitative estimate of drug-likeness (QED) is 0.602. The third-order valence-corrected chi connectivity index (χ3v) is 7.30. The lowest BCUT2D eigenvalue weighted by Gasteiger charge is -2.38. The van der Waals surface area contributed by atoms with Crippen LogP contribution in [0.5, 0.6) is 5.75 Å². The van der Waals surface area contributed by atoms with Gasteiger partial charge in [-0.05, 0) is 61.4 Å². The number of pyridine rings is 1. The average molecular weight is 463 g/mol. The molecule has 9 heteroatoms. The van der Waals surface area contributed by atoms with Gasteiger partial charge in [-0.25, -0.2) is 9.37 Å². The molecule has 3 aromatic rings. The largest absolute Gasteiger partial charge is 0.507 e. The van der Waals surface area contributed by atoms with Crippen LogP contribution in [0.3, 0.4) is 0 Å². The standard InChI is InChI=1S/C25H27FN6O2/c1-31-7-6-15(9-24(31)34)14-2-5-19(22(33)8-14)25-27-13-23(29-30-25)32(17-3-4-17)18-10-16-11-20(26)21(12-18)28-16/h2,5-9,13,16-18,20-21,28,33H,3-4,10-12H2,1H3/t16-,18-,20-,21+/m1/s1. The number of piperidine rings is 1. The summed E-state index contributed by atoms with van der Waals surface area (Å²) in [4.78, 5) is 18.7. The maximum absolute atomic E-state index is 14.2. The minimum absolute atomic E-state index is 0.0238. The van der Waals surface area contributed by atoms with Crippen LogP contribution in [-0.4, -0.2) is 55.2 Å². The Kier molecular flexibility index (Phi) is 5.09. The summed E-state index contributed by atoms with van der Waals surface area (Å²) in [5, 5.41) is 22.8. The highest BCUT2D eigenvalue weighted by atomic mass is 19.1. The van der Waals surface area contributed by atoms with Gasteiger partial charge in [-0.15, -0.1) is 10.2 Å². The van der Waals surface area contributed by atoms with Gasteiger partial charge in [0.2, 0.25) is 0 Å². The molecule has 1 aromatic carbocycles. The van der Waals surface area contributed by atoms with E-state index in [4.69, 9.17) is 0 Å². The number of phenolic OH excluding ortho intramolecular Hbond substituents is 1. The van der Waals surface area contributed by atoms with Gasteiger partial charge in [-0.1, -0.05) is 6.07 Å². The van der Waals surface area contributed by atoms with E-state index >= 15 is 0 Å². The van der Waals surface area contributed by atoms with Crippen LogP contribution in [0, 0.1) is 0 Å². The van der Waals surface area contributed by atoms with Crippen molar-refractivity contribution in [2.75, 3.05) is 4.90 Å². The maximum Gasteiger partial charge on any atom is 0.250 e. The second-order valence-corrected chi connectivity index (χ2v) is 9.72. The summed E-state index contributed by atoms with van der Waals surface area (Å²) in [6.45, 7) is 0. The lowest BCUT2D eigenvalue weighted by molar-refractivity contribution is 0.271. The number of anilines is 1. The Hall–Kier alpha value is -3.33. The van der Waals surface area contributed by atoms with Crippen molar-refractivity contribution in [3.63, 3.8) is 0 Å². The maximum atomic E-state index is 14.2. The molecule has 6 rings (SSSR count). The summed E-state index contributed by atoms with van der Waals surface area (Å²) in [7, 11) is 1.69. The zero-order chi connectivity index (χ0) is 23.4. The van der Waals surface area contributed by atoms with Gasteiger partial charge in [0.25, 0.3) is 5.56 Å². The Morgan fingerprint density at radius 1 is 1.09 bits per heavy atom. The monoisotopic (exact) mass is 462 g/mol. The molecule has 1 saturated carbocycles. The zero-order valence-electron chi connectivity index (χ0n) is 18.9. The van der Waals surface area contributed by atoms with E-state index < -0.39 is 6.17 Å². The van der Waals surface area contributed by atoms with Gasteiger partial charge in [0.1, 0.15) is 11.9 Å². The summed E-state index contributed by atoms with van der Waals surface area (Å²) < 4.78 is 15.7. The van der Waals surface area contributed by atoms with Gasteiger partial charge in [0.05, 0.1) is 11.8 Å². The summed E-state index contributed by atoms with van der Waals surface area (Å²) in [6, 6.07) is 9.33. The van der Waals surface area contributed by atoms with E-state index in [0.717, 1.165) is 36.8 Å². The van der Waals surface area contributed by atoms with Crippen molar-refractivity contribution in [1.29, 1.82) is 0 Å². The lowest BCUT2D eigenvalue weighted by atomic mass is 9.98. The fourth-order valence-electron chi connectivity index (χ4n) is 5.40. The summed E-state index contributed by atoms with van der Waals surface area (Å²) in [6.07, 6.45) is 7.11. The molecule has 2 bridgehead atoms. The van der Waals surface area contributed by atoms with Gasteiger partial charge in [-0.2, -0.15) is 0 Å². The molecule has 2 N–H and O–H groups in total. The number of hydrogen-bond donors (Lipinski definition) is 2. The number of aryl methyl sites for hydroxylation is 1. The number of aromatic nitrogens is 4. The van der Waals surface area contributed by atoms with Crippen LogP contribution < -0.4 is 15.8 Å². The number of halogens is 1. The van der Waals surface area contributed by atoms with E-state index in [1.807, 2.05) is 12.1 Å². The Morgan fingerprint density at radius 2 is 1.91 bits per heavy atom. The Labute approximate surface area is 196 Å². The topological polar surface area (TPSA) is 96.2 Å². The minimum Gasteiger partial charge on any atom is -0.507 e. The molecule has 4 atom stereocenters. The third-order valence-electron chi connectivity index (χ3n) is 7.30. The Morgan fingerprint density at radius 3 is 2.59 bits per heavy atom. The summed E-state index contributed by atoms with van der Waals surface area (Å²) >= 11 is 0. The van der Waals surface area contributed by atoms with E-state index in [1.54, 1.807) is 31.6 Å². The van der Waals surface area contributed by atoms with Crippen LogP contribution in [-0.2, 0) is 7.05 Å². The van der Waals surface area contributed by atoms with Crippen LogP contribution in [0.25, 0.3) is 22.5 Å². The highest BCUT2D eigenvalue weighted by Gasteiger charge is 2.45. The Bertz CT molecular complexity index is 1270. The molecule has 3 aliphatic rings. The number of rotatable bonds is 5. The highest BCUT2D eigenvalue weighted by Crippen LogP contribution is 2.39. The average Bonchev–Trinajstić information content (AvgIpc) is 3.62. The molecule has 2 saturated heterocycles. The van der Waals surface area contributed by atoms with E-state index in [1.165, 1.54) is 10.6 Å². The van der Waals surface area contributed by atoms with Crippen molar-refractivity contribution >= 4 is 5.82 Å². The Balaban J connectivity index is 1.25. The van der Waals surface area contributed by atoms with Crippen LogP contribution in [0.15, 0.2) is 47.5 Å². The number of alkyl halides is 1. The van der Waals surface area contributed by atoms with Crippen LogP contribution in [0.1, 0.15) is 32.1 Å². The predicted molar refractivity (Wildman–Crippen MR) is 126 cm³/mol. The smallest absolute Gasteiger partial charge is 0.250 e. The van der Waals surface area contributed by atoms with Crippen molar-refractivity contribution in [2.24, 2.45) is 7.05 Å². The van der Waals surface area contributed by atoms with Gasteiger partial charge in [-0.3, -0.25) is 4.79 Å².